The second-order valence-electron chi connectivity index (χ2n) is 8.33. The van der Waals surface area contributed by atoms with Gasteiger partial charge in [-0.3, -0.25) is 9.59 Å². The Labute approximate surface area is 187 Å². The van der Waals surface area contributed by atoms with Gasteiger partial charge in [-0.25, -0.2) is 9.37 Å². The second-order valence-corrected chi connectivity index (χ2v) is 8.33. The van der Waals surface area contributed by atoms with E-state index in [2.05, 4.69) is 16.9 Å². The number of carbonyl (C=O) groups excluding carboxylic acids is 1. The minimum absolute atomic E-state index is 0.0817. The Morgan fingerprint density at radius 1 is 1.12 bits per heavy atom. The topological polar surface area (TPSA) is 66.1 Å². The van der Waals surface area contributed by atoms with Crippen molar-refractivity contribution >= 4 is 5.91 Å². The molecule has 0 bridgehead atoms. The fourth-order valence-corrected chi connectivity index (χ4v) is 4.12. The first-order chi connectivity index (χ1) is 15.5. The van der Waals surface area contributed by atoms with Crippen LogP contribution in [-0.4, -0.2) is 27.3 Å². The van der Waals surface area contributed by atoms with Crippen molar-refractivity contribution in [3.05, 3.63) is 87.1 Å². The van der Waals surface area contributed by atoms with Crippen LogP contribution in [0.25, 0.3) is 11.4 Å². The summed E-state index contributed by atoms with van der Waals surface area (Å²) in [6, 6.07) is 13.8. The Hall–Kier alpha value is -3.28. The molecule has 1 amide bonds. The molecule has 0 atom stereocenters. The summed E-state index contributed by atoms with van der Waals surface area (Å²) in [7, 11) is 0. The van der Waals surface area contributed by atoms with Crippen LogP contribution in [0.2, 0.25) is 0 Å². The zero-order valence-corrected chi connectivity index (χ0v) is 18.4. The van der Waals surface area contributed by atoms with Crippen LogP contribution in [0, 0.1) is 5.82 Å². The molecule has 0 saturated heterocycles. The summed E-state index contributed by atoms with van der Waals surface area (Å²) in [5, 5.41) is 0. The van der Waals surface area contributed by atoms with Gasteiger partial charge in [0.2, 0.25) is 0 Å². The van der Waals surface area contributed by atoms with Crippen LogP contribution in [0.1, 0.15) is 59.8 Å². The van der Waals surface area contributed by atoms with E-state index in [0.29, 0.717) is 41.2 Å². The van der Waals surface area contributed by atoms with E-state index in [9.17, 15) is 14.0 Å². The molecule has 1 aliphatic heterocycles. The SMILES string of the molecule is CCCCCCc1ccc(C(=O)N2CCc3nc(-c4cccc(F)c4)[nH]c(=O)c3C2)cc1. The lowest BCUT2D eigenvalue weighted by Crippen LogP contribution is -2.39. The van der Waals surface area contributed by atoms with Crippen molar-refractivity contribution < 1.29 is 9.18 Å². The number of aromatic amines is 1. The molecule has 5 nitrogen and oxygen atoms in total. The normalized spacial score (nSPS) is 13.1. The van der Waals surface area contributed by atoms with Crippen LogP contribution < -0.4 is 5.56 Å². The summed E-state index contributed by atoms with van der Waals surface area (Å²) in [5.74, 6) is -0.115. The molecule has 0 unspecified atom stereocenters. The molecule has 2 heterocycles. The van der Waals surface area contributed by atoms with E-state index in [1.165, 1.54) is 37.0 Å². The number of hydrogen-bond acceptors (Lipinski definition) is 3. The largest absolute Gasteiger partial charge is 0.334 e. The summed E-state index contributed by atoms with van der Waals surface area (Å²) in [6.07, 6.45) is 6.38. The van der Waals surface area contributed by atoms with Crippen LogP contribution in [0.5, 0.6) is 0 Å². The fraction of sp³-hybridized carbons (Fsp3) is 0.346. The van der Waals surface area contributed by atoms with E-state index in [-0.39, 0.29) is 23.8 Å². The molecule has 1 aliphatic rings. The average molecular weight is 434 g/mol. The maximum atomic E-state index is 13.5. The van der Waals surface area contributed by atoms with Gasteiger partial charge in [-0.1, -0.05) is 50.5 Å². The number of halogens is 1. The number of rotatable bonds is 7. The Morgan fingerprint density at radius 3 is 2.69 bits per heavy atom. The Bertz CT molecular complexity index is 1150. The molecule has 2 aromatic carbocycles. The van der Waals surface area contributed by atoms with Gasteiger partial charge in [0.1, 0.15) is 11.6 Å². The summed E-state index contributed by atoms with van der Waals surface area (Å²) < 4.78 is 13.5. The lowest BCUT2D eigenvalue weighted by atomic mass is 10.0. The van der Waals surface area contributed by atoms with Gasteiger partial charge in [0.15, 0.2) is 0 Å². The van der Waals surface area contributed by atoms with E-state index in [1.807, 2.05) is 24.3 Å². The number of nitrogens with zero attached hydrogens (tertiary/aromatic N) is 2. The molecule has 0 saturated carbocycles. The van der Waals surface area contributed by atoms with Gasteiger partial charge in [-0.15, -0.1) is 0 Å². The fourth-order valence-electron chi connectivity index (χ4n) is 4.12. The second kappa shape index (κ2) is 9.90. The lowest BCUT2D eigenvalue weighted by Gasteiger charge is -2.28. The minimum atomic E-state index is -0.383. The highest BCUT2D eigenvalue weighted by Crippen LogP contribution is 2.21. The first-order valence-corrected chi connectivity index (χ1v) is 11.3. The zero-order chi connectivity index (χ0) is 22.5. The maximum absolute atomic E-state index is 13.5. The number of aromatic nitrogens is 2. The molecule has 0 fully saturated rings. The van der Waals surface area contributed by atoms with Gasteiger partial charge >= 0.3 is 0 Å². The molecule has 32 heavy (non-hydrogen) atoms. The monoisotopic (exact) mass is 433 g/mol. The average Bonchev–Trinajstić information content (AvgIpc) is 2.81. The van der Waals surface area contributed by atoms with Gasteiger partial charge in [-0.2, -0.15) is 0 Å². The van der Waals surface area contributed by atoms with Gasteiger partial charge in [0.25, 0.3) is 11.5 Å². The van der Waals surface area contributed by atoms with Crippen LogP contribution in [0.3, 0.4) is 0 Å². The quantitative estimate of drug-likeness (QED) is 0.539. The van der Waals surface area contributed by atoms with Crippen LogP contribution in [0.4, 0.5) is 4.39 Å². The smallest absolute Gasteiger partial charge is 0.256 e. The summed E-state index contributed by atoms with van der Waals surface area (Å²) in [6.45, 7) is 2.91. The van der Waals surface area contributed by atoms with Gasteiger partial charge < -0.3 is 9.88 Å². The third-order valence-corrected chi connectivity index (χ3v) is 5.97. The molecule has 3 aromatic rings. The number of unbranched alkanes of at least 4 members (excludes halogenated alkanes) is 3. The standard InChI is InChI=1S/C26H28FN3O2/c1-2-3-4-5-7-18-10-12-19(13-11-18)26(32)30-15-14-23-22(17-30)25(31)29-24(28-23)20-8-6-9-21(27)16-20/h6,8-13,16H,2-5,7,14-15,17H2,1H3,(H,28,29,31). The van der Waals surface area contributed by atoms with Crippen molar-refractivity contribution in [1.29, 1.82) is 0 Å². The molecular weight excluding hydrogens is 405 g/mol. The van der Waals surface area contributed by atoms with E-state index >= 15 is 0 Å². The van der Waals surface area contributed by atoms with Crippen LogP contribution in [0.15, 0.2) is 53.3 Å². The highest BCUT2D eigenvalue weighted by Gasteiger charge is 2.25. The molecule has 0 aliphatic carbocycles. The lowest BCUT2D eigenvalue weighted by molar-refractivity contribution is 0.0732. The number of aryl methyl sites for hydroxylation is 1. The Kier molecular flexibility index (Phi) is 6.78. The first-order valence-electron chi connectivity index (χ1n) is 11.3. The zero-order valence-electron chi connectivity index (χ0n) is 18.4. The van der Waals surface area contributed by atoms with Crippen LogP contribution >= 0.6 is 0 Å². The van der Waals surface area contributed by atoms with Crippen molar-refractivity contribution in [1.82, 2.24) is 14.9 Å². The highest BCUT2D eigenvalue weighted by atomic mass is 19.1. The highest BCUT2D eigenvalue weighted by molar-refractivity contribution is 5.94. The van der Waals surface area contributed by atoms with E-state index in [0.717, 1.165) is 12.8 Å². The molecule has 6 heteroatoms. The number of carbonyl (C=O) groups is 1. The predicted octanol–water partition coefficient (Wildman–Crippen LogP) is 4.90. The van der Waals surface area contributed by atoms with Crippen LogP contribution in [-0.2, 0) is 19.4 Å². The van der Waals surface area contributed by atoms with Crippen molar-refractivity contribution in [3.8, 4) is 11.4 Å². The number of amides is 1. The van der Waals surface area contributed by atoms with Crippen molar-refractivity contribution in [2.24, 2.45) is 0 Å². The number of fused-ring (bicyclic) bond motifs is 1. The maximum Gasteiger partial charge on any atom is 0.256 e. The molecule has 4 rings (SSSR count). The number of H-pyrrole nitrogens is 1. The van der Waals surface area contributed by atoms with E-state index in [4.69, 9.17) is 0 Å². The van der Waals surface area contributed by atoms with E-state index < -0.39 is 0 Å². The van der Waals surface area contributed by atoms with Gasteiger partial charge in [-0.05, 0) is 42.7 Å². The number of benzene rings is 2. The van der Waals surface area contributed by atoms with Crippen molar-refractivity contribution in [3.63, 3.8) is 0 Å². The third-order valence-electron chi connectivity index (χ3n) is 5.97. The number of nitrogens with one attached hydrogen (secondary N) is 1. The Morgan fingerprint density at radius 2 is 1.94 bits per heavy atom. The molecule has 166 valence electrons. The first kappa shape index (κ1) is 21.9. The predicted molar refractivity (Wildman–Crippen MR) is 123 cm³/mol. The summed E-state index contributed by atoms with van der Waals surface area (Å²) in [5.41, 5.74) is 3.28. The van der Waals surface area contributed by atoms with E-state index in [1.54, 1.807) is 17.0 Å². The summed E-state index contributed by atoms with van der Waals surface area (Å²) in [4.78, 5) is 34.7. The minimum Gasteiger partial charge on any atom is -0.334 e. The summed E-state index contributed by atoms with van der Waals surface area (Å²) >= 11 is 0. The molecule has 1 aromatic heterocycles. The number of hydrogen-bond donors (Lipinski definition) is 1. The molecular formula is C26H28FN3O2. The Balaban J connectivity index is 1.46. The molecule has 0 spiro atoms. The van der Waals surface area contributed by atoms with Gasteiger partial charge in [0.05, 0.1) is 17.8 Å². The third kappa shape index (κ3) is 4.96. The van der Waals surface area contributed by atoms with Crippen molar-refractivity contribution in [2.75, 3.05) is 6.54 Å². The molecule has 1 N–H and O–H groups in total. The van der Waals surface area contributed by atoms with Crippen molar-refractivity contribution in [2.45, 2.75) is 52.0 Å². The molecule has 0 radical (unpaired) electrons. The van der Waals surface area contributed by atoms with Gasteiger partial charge in [0, 0.05) is 24.1 Å².